The van der Waals surface area contributed by atoms with E-state index in [0.717, 1.165) is 11.1 Å². The fraction of sp³-hybridized carbons (Fsp3) is 0.133. The zero-order valence-electron chi connectivity index (χ0n) is 10.2. The van der Waals surface area contributed by atoms with Crippen LogP contribution in [0.1, 0.15) is 21.5 Å². The van der Waals surface area contributed by atoms with E-state index in [2.05, 4.69) is 0 Å². The molecule has 0 amide bonds. The van der Waals surface area contributed by atoms with Gasteiger partial charge in [0.2, 0.25) is 0 Å². The fourth-order valence-electron chi connectivity index (χ4n) is 1.57. The predicted molar refractivity (Wildman–Crippen MR) is 67.3 cm³/mol. The first-order valence-corrected chi connectivity index (χ1v) is 5.62. The van der Waals surface area contributed by atoms with Crippen LogP contribution in [0.15, 0.2) is 42.5 Å². The largest absolute Gasteiger partial charge is 0.423 e. The lowest BCUT2D eigenvalue weighted by Gasteiger charge is -2.07. The second kappa shape index (κ2) is 5.00. The summed E-state index contributed by atoms with van der Waals surface area (Å²) < 4.78 is 18.5. The van der Waals surface area contributed by atoms with Crippen molar-refractivity contribution in [2.24, 2.45) is 0 Å². The number of benzene rings is 2. The molecule has 2 nitrogen and oxygen atoms in total. The zero-order valence-corrected chi connectivity index (χ0v) is 10.2. The molecule has 0 fully saturated rings. The molecule has 2 aromatic rings. The minimum Gasteiger partial charge on any atom is -0.423 e. The molecule has 0 spiro atoms. The van der Waals surface area contributed by atoms with Crippen molar-refractivity contribution in [3.8, 4) is 5.75 Å². The summed E-state index contributed by atoms with van der Waals surface area (Å²) in [5.41, 5.74) is 2.07. The van der Waals surface area contributed by atoms with Crippen LogP contribution >= 0.6 is 0 Å². The van der Waals surface area contributed by atoms with Crippen LogP contribution in [0.3, 0.4) is 0 Å². The Kier molecular flexibility index (Phi) is 3.42. The minimum atomic E-state index is -0.684. The molecule has 3 heteroatoms. The first-order valence-electron chi connectivity index (χ1n) is 5.62. The monoisotopic (exact) mass is 244 g/mol. The summed E-state index contributed by atoms with van der Waals surface area (Å²) in [6.07, 6.45) is 0. The van der Waals surface area contributed by atoms with Crippen LogP contribution in [0, 0.1) is 19.7 Å². The second-order valence-corrected chi connectivity index (χ2v) is 4.12. The summed E-state index contributed by atoms with van der Waals surface area (Å²) in [4.78, 5) is 11.8. The molecule has 0 saturated heterocycles. The third kappa shape index (κ3) is 2.56. The number of hydrogen-bond acceptors (Lipinski definition) is 2. The molecule has 0 radical (unpaired) electrons. The average Bonchev–Trinajstić information content (AvgIpc) is 2.34. The van der Waals surface area contributed by atoms with Crippen molar-refractivity contribution >= 4 is 5.97 Å². The molecule has 0 aliphatic heterocycles. The minimum absolute atomic E-state index is 0.0595. The Labute approximate surface area is 105 Å². The van der Waals surface area contributed by atoms with E-state index in [1.54, 1.807) is 18.2 Å². The van der Waals surface area contributed by atoms with E-state index in [9.17, 15) is 9.18 Å². The molecule has 2 rings (SSSR count). The summed E-state index contributed by atoms with van der Waals surface area (Å²) in [5, 5.41) is 0. The quantitative estimate of drug-likeness (QED) is 0.595. The first kappa shape index (κ1) is 12.3. The Bertz CT molecular complexity index is 591. The van der Waals surface area contributed by atoms with Crippen LogP contribution in [0.2, 0.25) is 0 Å². The Hall–Kier alpha value is -2.16. The summed E-state index contributed by atoms with van der Waals surface area (Å²) in [7, 11) is 0. The predicted octanol–water partition coefficient (Wildman–Crippen LogP) is 3.66. The lowest BCUT2D eigenvalue weighted by molar-refractivity contribution is 0.0730. The van der Waals surface area contributed by atoms with Gasteiger partial charge in [-0.05, 0) is 49.2 Å². The topological polar surface area (TPSA) is 26.3 Å². The van der Waals surface area contributed by atoms with Gasteiger partial charge in [-0.25, -0.2) is 9.18 Å². The number of aryl methyl sites for hydroxylation is 2. The van der Waals surface area contributed by atoms with Gasteiger partial charge in [0.15, 0.2) is 0 Å². The maximum Gasteiger partial charge on any atom is 0.346 e. The molecule has 0 heterocycles. The van der Waals surface area contributed by atoms with Gasteiger partial charge in [0.25, 0.3) is 0 Å². The van der Waals surface area contributed by atoms with E-state index in [0.29, 0.717) is 5.75 Å². The molecule has 0 saturated carbocycles. The molecule has 2 aromatic carbocycles. The van der Waals surface area contributed by atoms with Crippen molar-refractivity contribution in [2.75, 3.05) is 0 Å². The van der Waals surface area contributed by atoms with Crippen molar-refractivity contribution in [2.45, 2.75) is 13.8 Å². The highest BCUT2D eigenvalue weighted by molar-refractivity contribution is 5.91. The number of carbonyl (C=O) groups excluding carboxylic acids is 1. The maximum absolute atomic E-state index is 13.4. The smallest absolute Gasteiger partial charge is 0.346 e. The van der Waals surface area contributed by atoms with E-state index in [1.807, 2.05) is 19.9 Å². The van der Waals surface area contributed by atoms with E-state index in [4.69, 9.17) is 4.74 Å². The summed E-state index contributed by atoms with van der Waals surface area (Å²) >= 11 is 0. The normalized spacial score (nSPS) is 10.2. The van der Waals surface area contributed by atoms with Crippen molar-refractivity contribution in [3.63, 3.8) is 0 Å². The molecule has 0 aliphatic rings. The maximum atomic E-state index is 13.4. The van der Waals surface area contributed by atoms with E-state index >= 15 is 0 Å². The first-order chi connectivity index (χ1) is 8.58. The highest BCUT2D eigenvalue weighted by Gasteiger charge is 2.13. The Morgan fingerprint density at radius 3 is 2.44 bits per heavy atom. The van der Waals surface area contributed by atoms with Crippen LogP contribution in [-0.4, -0.2) is 5.97 Å². The van der Waals surface area contributed by atoms with Crippen molar-refractivity contribution in [3.05, 3.63) is 65.0 Å². The van der Waals surface area contributed by atoms with Crippen molar-refractivity contribution in [1.82, 2.24) is 0 Å². The van der Waals surface area contributed by atoms with Crippen LogP contribution in [0.5, 0.6) is 5.75 Å². The lowest BCUT2D eigenvalue weighted by Crippen LogP contribution is -2.10. The third-order valence-electron chi connectivity index (χ3n) is 2.78. The molecule has 0 unspecified atom stereocenters. The molecule has 18 heavy (non-hydrogen) atoms. The third-order valence-corrected chi connectivity index (χ3v) is 2.78. The highest BCUT2D eigenvalue weighted by Crippen LogP contribution is 2.18. The number of rotatable bonds is 2. The van der Waals surface area contributed by atoms with E-state index < -0.39 is 11.8 Å². The van der Waals surface area contributed by atoms with Gasteiger partial charge in [0.05, 0.1) is 5.56 Å². The van der Waals surface area contributed by atoms with Gasteiger partial charge in [0, 0.05) is 0 Å². The number of ether oxygens (including phenoxy) is 1. The van der Waals surface area contributed by atoms with Gasteiger partial charge >= 0.3 is 5.97 Å². The Balaban J connectivity index is 2.22. The summed E-state index contributed by atoms with van der Waals surface area (Å²) in [6, 6.07) is 11.1. The van der Waals surface area contributed by atoms with Crippen molar-refractivity contribution in [1.29, 1.82) is 0 Å². The highest BCUT2D eigenvalue weighted by atomic mass is 19.1. The number of carbonyl (C=O) groups is 1. The molecule has 0 aliphatic carbocycles. The standard InChI is InChI=1S/C15H13FO2/c1-10-7-8-12(9-11(10)2)18-15(17)13-5-3-4-6-14(13)16/h3-9H,1-2H3. The van der Waals surface area contributed by atoms with E-state index in [-0.39, 0.29) is 5.56 Å². The zero-order chi connectivity index (χ0) is 13.1. The molecular weight excluding hydrogens is 231 g/mol. The fourth-order valence-corrected chi connectivity index (χ4v) is 1.57. The van der Waals surface area contributed by atoms with Crippen LogP contribution < -0.4 is 4.74 Å². The van der Waals surface area contributed by atoms with E-state index in [1.165, 1.54) is 18.2 Å². The molecule has 0 atom stereocenters. The number of halogens is 1. The number of hydrogen-bond donors (Lipinski definition) is 0. The van der Waals surface area contributed by atoms with Gasteiger partial charge in [-0.15, -0.1) is 0 Å². The summed E-state index contributed by atoms with van der Waals surface area (Å²) in [6.45, 7) is 3.90. The van der Waals surface area contributed by atoms with Gasteiger partial charge in [-0.3, -0.25) is 0 Å². The summed E-state index contributed by atoms with van der Waals surface area (Å²) in [5.74, 6) is -0.839. The van der Waals surface area contributed by atoms with Crippen LogP contribution in [0.25, 0.3) is 0 Å². The number of esters is 1. The second-order valence-electron chi connectivity index (χ2n) is 4.12. The van der Waals surface area contributed by atoms with Gasteiger partial charge in [0.1, 0.15) is 11.6 Å². The van der Waals surface area contributed by atoms with Gasteiger partial charge in [-0.2, -0.15) is 0 Å². The molecule has 92 valence electrons. The molecule has 0 N–H and O–H groups in total. The van der Waals surface area contributed by atoms with Gasteiger partial charge < -0.3 is 4.74 Å². The molecule has 0 bridgehead atoms. The SMILES string of the molecule is Cc1ccc(OC(=O)c2ccccc2F)cc1C. The van der Waals surface area contributed by atoms with Crippen LogP contribution in [-0.2, 0) is 0 Å². The molecule has 0 aromatic heterocycles. The van der Waals surface area contributed by atoms with Crippen molar-refractivity contribution < 1.29 is 13.9 Å². The van der Waals surface area contributed by atoms with Crippen LogP contribution in [0.4, 0.5) is 4.39 Å². The Morgan fingerprint density at radius 1 is 1.06 bits per heavy atom. The van der Waals surface area contributed by atoms with Gasteiger partial charge in [-0.1, -0.05) is 18.2 Å². The molecular formula is C15H13FO2. The average molecular weight is 244 g/mol. The lowest BCUT2D eigenvalue weighted by atomic mass is 10.1. The Morgan fingerprint density at radius 2 is 1.78 bits per heavy atom.